The van der Waals surface area contributed by atoms with Crippen LogP contribution in [-0.4, -0.2) is 65.5 Å². The fourth-order valence-corrected chi connectivity index (χ4v) is 5.15. The van der Waals surface area contributed by atoms with Gasteiger partial charge in [-0.15, -0.1) is 5.10 Å². The molecule has 2 saturated heterocycles. The Morgan fingerprint density at radius 3 is 2.34 bits per heavy atom. The van der Waals surface area contributed by atoms with Crippen molar-refractivity contribution >= 4 is 29.2 Å². The summed E-state index contributed by atoms with van der Waals surface area (Å²) >= 11 is 0. The number of benzene rings is 2. The second-order valence-electron chi connectivity index (χ2n) is 9.83. The van der Waals surface area contributed by atoms with E-state index in [-0.39, 0.29) is 30.2 Å². The van der Waals surface area contributed by atoms with Crippen molar-refractivity contribution in [3.8, 4) is 0 Å². The Kier molecular flexibility index (Phi) is 7.92. The van der Waals surface area contributed by atoms with Gasteiger partial charge in [-0.25, -0.2) is 0 Å². The van der Waals surface area contributed by atoms with Crippen LogP contribution < -0.4 is 15.5 Å². The molecule has 3 aromatic rings. The first-order chi connectivity index (χ1) is 18.6. The van der Waals surface area contributed by atoms with Crippen molar-refractivity contribution in [1.29, 1.82) is 0 Å². The molecular formula is C29H32N6O3. The van der Waals surface area contributed by atoms with Gasteiger partial charge < -0.3 is 20.4 Å². The number of hydrogen-bond donors (Lipinski definition) is 2. The van der Waals surface area contributed by atoms with E-state index in [0.29, 0.717) is 31.1 Å². The first-order valence-electron chi connectivity index (χ1n) is 13.1. The predicted molar refractivity (Wildman–Crippen MR) is 145 cm³/mol. The summed E-state index contributed by atoms with van der Waals surface area (Å²) in [5, 5.41) is 13.8. The van der Waals surface area contributed by atoms with Gasteiger partial charge in [0.15, 0.2) is 5.82 Å². The van der Waals surface area contributed by atoms with Gasteiger partial charge >= 0.3 is 0 Å². The van der Waals surface area contributed by atoms with Crippen LogP contribution in [0.5, 0.6) is 0 Å². The minimum Gasteiger partial charge on any atom is -0.354 e. The number of carbonyl (C=O) groups is 3. The summed E-state index contributed by atoms with van der Waals surface area (Å²) in [4.78, 5) is 41.5. The lowest BCUT2D eigenvalue weighted by atomic mass is 9.89. The largest absolute Gasteiger partial charge is 0.354 e. The maximum atomic E-state index is 12.8. The lowest BCUT2D eigenvalue weighted by molar-refractivity contribution is -0.131. The van der Waals surface area contributed by atoms with Gasteiger partial charge in [-0.05, 0) is 67.1 Å². The molecule has 0 saturated carbocycles. The molecule has 2 aromatic carbocycles. The molecule has 9 heteroatoms. The third-order valence-electron chi connectivity index (χ3n) is 7.37. The van der Waals surface area contributed by atoms with Crippen molar-refractivity contribution < 1.29 is 14.4 Å². The van der Waals surface area contributed by atoms with Gasteiger partial charge in [0.25, 0.3) is 5.91 Å². The highest BCUT2D eigenvalue weighted by molar-refractivity contribution is 5.96. The lowest BCUT2D eigenvalue weighted by Gasteiger charge is -2.32. The number of likely N-dealkylation sites (tertiary alicyclic amines) is 1. The van der Waals surface area contributed by atoms with E-state index < -0.39 is 0 Å². The number of nitrogens with zero attached hydrogens (tertiary/aromatic N) is 4. The van der Waals surface area contributed by atoms with E-state index >= 15 is 0 Å². The number of hydrogen-bond acceptors (Lipinski definition) is 6. The van der Waals surface area contributed by atoms with E-state index in [1.807, 2.05) is 35.2 Å². The summed E-state index contributed by atoms with van der Waals surface area (Å²) in [5.74, 6) is 0.800. The molecule has 0 unspecified atom stereocenters. The zero-order valence-corrected chi connectivity index (χ0v) is 21.3. The maximum absolute atomic E-state index is 12.8. The summed E-state index contributed by atoms with van der Waals surface area (Å²) in [7, 11) is 0. The van der Waals surface area contributed by atoms with Crippen LogP contribution in [0, 0.1) is 5.92 Å². The van der Waals surface area contributed by atoms with Crippen LogP contribution in [0.3, 0.4) is 0 Å². The second kappa shape index (κ2) is 11.9. The molecule has 1 atom stereocenters. The average Bonchev–Trinajstić information content (AvgIpc) is 3.48. The van der Waals surface area contributed by atoms with E-state index in [4.69, 9.17) is 0 Å². The van der Waals surface area contributed by atoms with Gasteiger partial charge in [-0.1, -0.05) is 30.3 Å². The molecule has 38 heavy (non-hydrogen) atoms. The summed E-state index contributed by atoms with van der Waals surface area (Å²) in [6.07, 6.45) is 4.16. The van der Waals surface area contributed by atoms with Gasteiger partial charge in [0.05, 0.1) is 12.5 Å². The molecule has 3 amide bonds. The Bertz CT molecular complexity index is 1240. The highest BCUT2D eigenvalue weighted by Crippen LogP contribution is 2.29. The summed E-state index contributed by atoms with van der Waals surface area (Å²) in [6, 6.07) is 20.7. The molecule has 3 heterocycles. The first kappa shape index (κ1) is 25.4. The zero-order chi connectivity index (χ0) is 26.3. The molecule has 0 bridgehead atoms. The Hall–Kier alpha value is -4.27. The van der Waals surface area contributed by atoms with Gasteiger partial charge in [-0.2, -0.15) is 5.10 Å². The molecule has 2 aliphatic rings. The second-order valence-corrected chi connectivity index (χ2v) is 9.83. The molecule has 196 valence electrons. The molecule has 9 nitrogen and oxygen atoms in total. The fourth-order valence-electron chi connectivity index (χ4n) is 5.15. The van der Waals surface area contributed by atoms with Gasteiger partial charge in [-0.3, -0.25) is 14.4 Å². The monoisotopic (exact) mass is 512 g/mol. The summed E-state index contributed by atoms with van der Waals surface area (Å²) in [6.45, 7) is 2.75. The Morgan fingerprint density at radius 1 is 0.868 bits per heavy atom. The molecule has 2 fully saturated rings. The minimum absolute atomic E-state index is 0.00426. The van der Waals surface area contributed by atoms with E-state index in [1.54, 1.807) is 30.5 Å². The number of anilines is 2. The predicted octanol–water partition coefficient (Wildman–Crippen LogP) is 3.08. The number of piperidine rings is 1. The van der Waals surface area contributed by atoms with Crippen molar-refractivity contribution in [3.05, 3.63) is 84.1 Å². The molecule has 2 aliphatic heterocycles. The molecule has 0 radical (unpaired) electrons. The van der Waals surface area contributed by atoms with Crippen molar-refractivity contribution in [3.63, 3.8) is 0 Å². The number of aromatic nitrogens is 2. The number of amides is 3. The Balaban J connectivity index is 1.06. The van der Waals surface area contributed by atoms with Crippen LogP contribution in [0.2, 0.25) is 0 Å². The lowest BCUT2D eigenvalue weighted by Crippen LogP contribution is -2.43. The van der Waals surface area contributed by atoms with E-state index in [2.05, 4.69) is 37.9 Å². The highest BCUT2D eigenvalue weighted by Gasteiger charge is 2.29. The van der Waals surface area contributed by atoms with Crippen LogP contribution in [-0.2, 0) is 9.59 Å². The Morgan fingerprint density at radius 2 is 1.63 bits per heavy atom. The van der Waals surface area contributed by atoms with Crippen LogP contribution in [0.25, 0.3) is 0 Å². The van der Waals surface area contributed by atoms with E-state index in [1.165, 1.54) is 5.56 Å². The smallest absolute Gasteiger partial charge is 0.251 e. The topological polar surface area (TPSA) is 108 Å². The van der Waals surface area contributed by atoms with Crippen molar-refractivity contribution in [2.45, 2.75) is 25.2 Å². The molecule has 5 rings (SSSR count). The van der Waals surface area contributed by atoms with Crippen LogP contribution >= 0.6 is 0 Å². The van der Waals surface area contributed by atoms with Gasteiger partial charge in [0.1, 0.15) is 0 Å². The third-order valence-corrected chi connectivity index (χ3v) is 7.37. The standard InChI is InChI=1S/C29H32N6O3/c36-27(19-30-28(37)23-5-2-1-3-6-23)34-16-12-22(13-17-34)21-8-10-25(11-9-21)32-29(38)24-14-18-35(20-24)26-7-4-15-31-33-26/h1-11,15,22,24H,12-14,16-20H2,(H,30,37)(H,32,38)/t24-/m0/s1. The Labute approximate surface area is 222 Å². The van der Waals surface area contributed by atoms with Crippen molar-refractivity contribution in [1.82, 2.24) is 20.4 Å². The van der Waals surface area contributed by atoms with Crippen LogP contribution in [0.4, 0.5) is 11.5 Å². The molecule has 0 aliphatic carbocycles. The quantitative estimate of drug-likeness (QED) is 0.504. The summed E-state index contributed by atoms with van der Waals surface area (Å²) < 4.78 is 0. The van der Waals surface area contributed by atoms with E-state index in [9.17, 15) is 14.4 Å². The van der Waals surface area contributed by atoms with Crippen molar-refractivity contribution in [2.24, 2.45) is 5.92 Å². The van der Waals surface area contributed by atoms with Crippen molar-refractivity contribution in [2.75, 3.05) is 42.9 Å². The number of rotatable bonds is 7. The number of nitrogens with one attached hydrogen (secondary N) is 2. The zero-order valence-electron chi connectivity index (χ0n) is 21.3. The van der Waals surface area contributed by atoms with Gasteiger partial charge in [0.2, 0.25) is 11.8 Å². The first-order valence-corrected chi connectivity index (χ1v) is 13.1. The van der Waals surface area contributed by atoms with Crippen LogP contribution in [0.1, 0.15) is 41.1 Å². The van der Waals surface area contributed by atoms with Gasteiger partial charge in [0, 0.05) is 43.6 Å². The fraction of sp³-hybridized carbons (Fsp3) is 0.345. The molecule has 1 aromatic heterocycles. The third kappa shape index (κ3) is 6.16. The van der Waals surface area contributed by atoms with E-state index in [0.717, 1.165) is 37.3 Å². The maximum Gasteiger partial charge on any atom is 0.251 e. The SMILES string of the molecule is O=C(NCC(=O)N1CCC(c2ccc(NC(=O)[C@H]3CCN(c4cccnn4)C3)cc2)CC1)c1ccccc1. The normalized spacial score (nSPS) is 17.7. The molecular weight excluding hydrogens is 480 g/mol. The molecule has 2 N–H and O–H groups in total. The highest BCUT2D eigenvalue weighted by atomic mass is 16.2. The summed E-state index contributed by atoms with van der Waals surface area (Å²) in [5.41, 5.74) is 2.55. The minimum atomic E-state index is -0.239. The average molecular weight is 513 g/mol. The molecule has 0 spiro atoms. The van der Waals surface area contributed by atoms with Crippen LogP contribution in [0.15, 0.2) is 72.9 Å². The number of carbonyl (C=O) groups excluding carboxylic acids is 3.